The molecule has 4 heteroatoms. The Morgan fingerprint density at radius 1 is 1.11 bits per heavy atom. The first-order valence-electron chi connectivity index (χ1n) is 5.95. The Hall–Kier alpha value is -2.49. The maximum atomic E-state index is 11.1. The molecule has 0 aliphatic heterocycles. The summed E-state index contributed by atoms with van der Waals surface area (Å²) in [6, 6.07) is 13.5. The normalized spacial score (nSPS) is 11.8. The van der Waals surface area contributed by atoms with E-state index < -0.39 is 5.97 Å². The fourth-order valence-electron chi connectivity index (χ4n) is 1.88. The van der Waals surface area contributed by atoms with Crippen LogP contribution < -0.4 is 5.32 Å². The van der Waals surface area contributed by atoms with Crippen LogP contribution in [-0.2, 0) is 0 Å². The molecule has 0 amide bonds. The second-order valence-electron chi connectivity index (χ2n) is 4.31. The molecule has 1 unspecified atom stereocenters. The minimum absolute atomic E-state index is 0.0545. The Morgan fingerprint density at radius 2 is 1.74 bits per heavy atom. The highest BCUT2D eigenvalue weighted by atomic mass is 16.4. The van der Waals surface area contributed by atoms with Crippen molar-refractivity contribution in [1.29, 1.82) is 0 Å². The Labute approximate surface area is 111 Å². The van der Waals surface area contributed by atoms with Gasteiger partial charge in [-0.3, -0.25) is 0 Å². The molecule has 0 aliphatic carbocycles. The number of aromatic hydroxyl groups is 1. The van der Waals surface area contributed by atoms with Crippen molar-refractivity contribution in [3.8, 4) is 5.75 Å². The third-order valence-corrected chi connectivity index (χ3v) is 2.92. The van der Waals surface area contributed by atoms with Gasteiger partial charge in [-0.05, 0) is 36.8 Å². The molecule has 0 aliphatic rings. The van der Waals surface area contributed by atoms with Crippen LogP contribution in [0.15, 0.2) is 48.5 Å². The van der Waals surface area contributed by atoms with Crippen LogP contribution in [0.25, 0.3) is 0 Å². The molecule has 2 aromatic rings. The van der Waals surface area contributed by atoms with Crippen molar-refractivity contribution in [3.63, 3.8) is 0 Å². The van der Waals surface area contributed by atoms with Crippen molar-refractivity contribution >= 4 is 11.7 Å². The lowest BCUT2D eigenvalue weighted by atomic mass is 10.1. The van der Waals surface area contributed by atoms with Gasteiger partial charge < -0.3 is 15.5 Å². The summed E-state index contributed by atoms with van der Waals surface area (Å²) in [6.07, 6.45) is 0. The van der Waals surface area contributed by atoms with Gasteiger partial charge in [0.25, 0.3) is 0 Å². The Morgan fingerprint density at radius 3 is 2.37 bits per heavy atom. The van der Waals surface area contributed by atoms with Gasteiger partial charge in [-0.25, -0.2) is 4.79 Å². The molecule has 0 fully saturated rings. The van der Waals surface area contributed by atoms with Crippen molar-refractivity contribution in [1.82, 2.24) is 0 Å². The number of para-hydroxylation sites is 1. The number of hydrogen-bond donors (Lipinski definition) is 3. The van der Waals surface area contributed by atoms with Crippen molar-refractivity contribution in [2.24, 2.45) is 0 Å². The minimum atomic E-state index is -0.957. The van der Waals surface area contributed by atoms with Crippen molar-refractivity contribution < 1.29 is 15.0 Å². The van der Waals surface area contributed by atoms with Gasteiger partial charge >= 0.3 is 5.97 Å². The van der Waals surface area contributed by atoms with Gasteiger partial charge in [-0.2, -0.15) is 0 Å². The van der Waals surface area contributed by atoms with Crippen molar-refractivity contribution in [2.75, 3.05) is 5.32 Å². The highest BCUT2D eigenvalue weighted by Crippen LogP contribution is 2.23. The highest BCUT2D eigenvalue weighted by Gasteiger charge is 2.12. The predicted octanol–water partition coefficient (Wildman–Crippen LogP) is 3.26. The number of carboxylic acid groups (broad SMARTS) is 1. The summed E-state index contributed by atoms with van der Waals surface area (Å²) in [7, 11) is 0. The lowest BCUT2D eigenvalue weighted by Gasteiger charge is -2.17. The maximum absolute atomic E-state index is 11.1. The summed E-state index contributed by atoms with van der Waals surface area (Å²) in [5.74, 6) is -0.747. The summed E-state index contributed by atoms with van der Waals surface area (Å²) in [4.78, 5) is 11.1. The van der Waals surface area contributed by atoms with Crippen LogP contribution in [0.5, 0.6) is 5.75 Å². The minimum Gasteiger partial charge on any atom is -0.508 e. The zero-order valence-corrected chi connectivity index (χ0v) is 10.5. The van der Waals surface area contributed by atoms with Gasteiger partial charge in [0.05, 0.1) is 5.56 Å². The first-order chi connectivity index (χ1) is 9.08. The molecule has 3 N–H and O–H groups in total. The second-order valence-corrected chi connectivity index (χ2v) is 4.31. The molecule has 19 heavy (non-hydrogen) atoms. The van der Waals surface area contributed by atoms with E-state index in [1.165, 1.54) is 0 Å². The van der Waals surface area contributed by atoms with Gasteiger partial charge in [0.2, 0.25) is 0 Å². The van der Waals surface area contributed by atoms with E-state index in [4.69, 9.17) is 5.11 Å². The maximum Gasteiger partial charge on any atom is 0.337 e. The smallest absolute Gasteiger partial charge is 0.337 e. The van der Waals surface area contributed by atoms with E-state index in [0.717, 1.165) is 5.56 Å². The third kappa shape index (κ3) is 3.04. The molecule has 0 saturated heterocycles. The number of phenols is 1. The quantitative estimate of drug-likeness (QED) is 0.786. The number of rotatable bonds is 4. The summed E-state index contributed by atoms with van der Waals surface area (Å²) >= 11 is 0. The molecule has 4 nitrogen and oxygen atoms in total. The summed E-state index contributed by atoms with van der Waals surface area (Å²) in [5.41, 5.74) is 1.79. The molecule has 98 valence electrons. The zero-order valence-electron chi connectivity index (χ0n) is 10.5. The third-order valence-electron chi connectivity index (χ3n) is 2.92. The molecule has 0 spiro atoms. The van der Waals surface area contributed by atoms with E-state index in [-0.39, 0.29) is 17.4 Å². The standard InChI is InChI=1S/C15H15NO3/c1-10(11-6-8-12(17)9-7-11)16-14-5-3-2-4-13(14)15(18)19/h2-10,16-17H,1H3,(H,18,19). The van der Waals surface area contributed by atoms with Crippen LogP contribution >= 0.6 is 0 Å². The first-order valence-corrected chi connectivity index (χ1v) is 5.95. The summed E-state index contributed by atoms with van der Waals surface area (Å²) in [6.45, 7) is 1.94. The van der Waals surface area contributed by atoms with E-state index in [1.54, 1.807) is 48.5 Å². The summed E-state index contributed by atoms with van der Waals surface area (Å²) in [5, 5.41) is 21.5. The Kier molecular flexibility index (Phi) is 3.71. The van der Waals surface area contributed by atoms with Crippen molar-refractivity contribution in [3.05, 3.63) is 59.7 Å². The van der Waals surface area contributed by atoms with E-state index in [0.29, 0.717) is 5.69 Å². The Balaban J connectivity index is 2.21. The highest BCUT2D eigenvalue weighted by molar-refractivity contribution is 5.94. The monoisotopic (exact) mass is 257 g/mol. The first kappa shape index (κ1) is 13.0. The number of hydrogen-bond acceptors (Lipinski definition) is 3. The number of carbonyl (C=O) groups is 1. The molecule has 0 saturated carbocycles. The summed E-state index contributed by atoms with van der Waals surface area (Å²) < 4.78 is 0. The molecule has 1 atom stereocenters. The molecular formula is C15H15NO3. The average molecular weight is 257 g/mol. The van der Waals surface area contributed by atoms with Gasteiger partial charge in [-0.1, -0.05) is 24.3 Å². The van der Waals surface area contributed by atoms with Crippen molar-refractivity contribution in [2.45, 2.75) is 13.0 Å². The van der Waals surface area contributed by atoms with Gasteiger partial charge in [0.1, 0.15) is 5.75 Å². The molecular weight excluding hydrogens is 242 g/mol. The van der Waals surface area contributed by atoms with Crippen LogP contribution in [0.3, 0.4) is 0 Å². The zero-order chi connectivity index (χ0) is 13.8. The number of benzene rings is 2. The van der Waals surface area contributed by atoms with Crippen LogP contribution in [0, 0.1) is 0 Å². The van der Waals surface area contributed by atoms with Gasteiger partial charge in [0, 0.05) is 11.7 Å². The van der Waals surface area contributed by atoms with Gasteiger partial charge in [0.15, 0.2) is 0 Å². The van der Waals surface area contributed by atoms with E-state index >= 15 is 0 Å². The number of nitrogens with one attached hydrogen (secondary N) is 1. The average Bonchev–Trinajstić information content (AvgIpc) is 2.39. The molecule has 0 heterocycles. The Bertz CT molecular complexity index is 578. The van der Waals surface area contributed by atoms with Crippen LogP contribution in [0.1, 0.15) is 28.9 Å². The van der Waals surface area contributed by atoms with Crippen LogP contribution in [0.2, 0.25) is 0 Å². The molecule has 0 radical (unpaired) electrons. The topological polar surface area (TPSA) is 69.6 Å². The predicted molar refractivity (Wildman–Crippen MR) is 73.5 cm³/mol. The SMILES string of the molecule is CC(Nc1ccccc1C(=O)O)c1ccc(O)cc1. The van der Waals surface area contributed by atoms with Crippen LogP contribution in [-0.4, -0.2) is 16.2 Å². The fourth-order valence-corrected chi connectivity index (χ4v) is 1.88. The number of anilines is 1. The molecule has 2 aromatic carbocycles. The van der Waals surface area contributed by atoms with E-state index in [1.807, 2.05) is 6.92 Å². The molecule has 2 rings (SSSR count). The number of carboxylic acids is 1. The van der Waals surface area contributed by atoms with Crippen LogP contribution in [0.4, 0.5) is 5.69 Å². The van der Waals surface area contributed by atoms with Gasteiger partial charge in [-0.15, -0.1) is 0 Å². The largest absolute Gasteiger partial charge is 0.508 e. The number of phenolic OH excluding ortho intramolecular Hbond substituents is 1. The lowest BCUT2D eigenvalue weighted by molar-refractivity contribution is 0.0698. The fraction of sp³-hybridized carbons (Fsp3) is 0.133. The lowest BCUT2D eigenvalue weighted by Crippen LogP contribution is -2.10. The van der Waals surface area contributed by atoms with E-state index in [2.05, 4.69) is 5.32 Å². The second kappa shape index (κ2) is 5.44. The molecule has 0 aromatic heterocycles. The number of aromatic carboxylic acids is 1. The molecule has 0 bridgehead atoms. The van der Waals surface area contributed by atoms with E-state index in [9.17, 15) is 9.90 Å².